The number of nitrogens with one attached hydrogen (secondary N) is 2. The summed E-state index contributed by atoms with van der Waals surface area (Å²) >= 11 is 0. The molecule has 0 fully saturated rings. The van der Waals surface area contributed by atoms with E-state index in [9.17, 15) is 9.59 Å². The predicted octanol–water partition coefficient (Wildman–Crippen LogP) is 4.04. The van der Waals surface area contributed by atoms with Crippen molar-refractivity contribution in [3.05, 3.63) is 102 Å². The number of halogens is 1. The monoisotopic (exact) mass is 610 g/mol. The van der Waals surface area contributed by atoms with Crippen LogP contribution in [-0.4, -0.2) is 39.5 Å². The van der Waals surface area contributed by atoms with Crippen LogP contribution in [0.25, 0.3) is 22.0 Å². The summed E-state index contributed by atoms with van der Waals surface area (Å²) < 4.78 is 23.5. The molecule has 12 heteroatoms. The molecule has 0 spiro atoms. The quantitative estimate of drug-likeness (QED) is 0.141. The van der Waals surface area contributed by atoms with E-state index in [-0.39, 0.29) is 23.7 Å². The summed E-state index contributed by atoms with van der Waals surface area (Å²) in [7, 11) is 0. The lowest BCUT2D eigenvalue weighted by molar-refractivity contribution is -0.127. The van der Waals surface area contributed by atoms with E-state index in [0.29, 0.717) is 23.6 Å². The molecule has 2 amide bonds. The zero-order valence-electron chi connectivity index (χ0n) is 25.0. The van der Waals surface area contributed by atoms with Crippen molar-refractivity contribution < 1.29 is 18.7 Å². The molecule has 0 aliphatic rings. The second-order valence-corrected chi connectivity index (χ2v) is 10.4. The van der Waals surface area contributed by atoms with E-state index in [1.165, 1.54) is 4.57 Å². The zero-order valence-corrected chi connectivity index (χ0v) is 25.0. The number of carbonyl (C=O) groups excluding carboxylic acids is 2. The molecule has 2 atom stereocenters. The minimum atomic E-state index is -1.33. The number of nitrogens with two attached hydrogens (primary N) is 3. The van der Waals surface area contributed by atoms with Gasteiger partial charge >= 0.3 is 0 Å². The second-order valence-electron chi connectivity index (χ2n) is 10.4. The average Bonchev–Trinajstić information content (AvgIpc) is 3.49. The molecule has 2 unspecified atom stereocenters. The second kappa shape index (κ2) is 13.4. The van der Waals surface area contributed by atoms with Gasteiger partial charge in [-0.3, -0.25) is 9.59 Å². The fourth-order valence-electron chi connectivity index (χ4n) is 5.09. The Hall–Kier alpha value is -5.49. The smallest absolute Gasteiger partial charge is 0.258 e. The minimum absolute atomic E-state index is 0.0981. The lowest BCUT2D eigenvalue weighted by atomic mass is 9.99. The number of nitrogens with zero attached hydrogens (tertiary/aromatic N) is 3. The SMILES string of the molecule is CCOc1cc(CC)cc(C(Nc2ccc3c(N)nccc3c2)c2nc(-c3ccccc3)cn2C(N)C(=O)NCC(N)=O)c1F. The molecule has 45 heavy (non-hydrogen) atoms. The maximum atomic E-state index is 16.4. The number of hydrogen-bond donors (Lipinski definition) is 5. The maximum Gasteiger partial charge on any atom is 0.258 e. The van der Waals surface area contributed by atoms with Crippen LogP contribution >= 0.6 is 0 Å². The molecule has 0 radical (unpaired) electrons. The highest BCUT2D eigenvalue weighted by Crippen LogP contribution is 2.36. The van der Waals surface area contributed by atoms with Gasteiger partial charge in [0, 0.05) is 34.6 Å². The number of nitrogen functional groups attached to an aromatic ring is 1. The Morgan fingerprint density at radius 1 is 1.07 bits per heavy atom. The molecular weight excluding hydrogens is 575 g/mol. The number of rotatable bonds is 12. The summed E-state index contributed by atoms with van der Waals surface area (Å²) in [5.74, 6) is -1.24. The molecule has 8 N–H and O–H groups in total. The molecule has 0 aliphatic heterocycles. The van der Waals surface area contributed by atoms with Crippen molar-refractivity contribution in [3.63, 3.8) is 0 Å². The highest BCUT2D eigenvalue weighted by Gasteiger charge is 2.30. The van der Waals surface area contributed by atoms with E-state index >= 15 is 4.39 Å². The van der Waals surface area contributed by atoms with Crippen molar-refractivity contribution in [2.45, 2.75) is 32.5 Å². The third kappa shape index (κ3) is 6.70. The van der Waals surface area contributed by atoms with Gasteiger partial charge in [0.25, 0.3) is 5.91 Å². The van der Waals surface area contributed by atoms with Gasteiger partial charge in [-0.25, -0.2) is 14.4 Å². The van der Waals surface area contributed by atoms with E-state index in [0.717, 1.165) is 21.9 Å². The predicted molar refractivity (Wildman–Crippen MR) is 172 cm³/mol. The Labute approximate surface area is 259 Å². The summed E-state index contributed by atoms with van der Waals surface area (Å²) in [4.78, 5) is 33.6. The largest absolute Gasteiger partial charge is 0.491 e. The molecule has 0 aliphatic carbocycles. The van der Waals surface area contributed by atoms with Crippen LogP contribution in [-0.2, 0) is 16.0 Å². The number of carbonyl (C=O) groups is 2. The van der Waals surface area contributed by atoms with Gasteiger partial charge in [0.1, 0.15) is 17.7 Å². The Morgan fingerprint density at radius 2 is 1.84 bits per heavy atom. The number of pyridine rings is 1. The van der Waals surface area contributed by atoms with Crippen LogP contribution in [0.5, 0.6) is 5.75 Å². The van der Waals surface area contributed by atoms with Crippen LogP contribution < -0.4 is 32.6 Å². The molecule has 0 bridgehead atoms. The summed E-state index contributed by atoms with van der Waals surface area (Å²) in [6.07, 6.45) is 2.52. The van der Waals surface area contributed by atoms with E-state index in [2.05, 4.69) is 15.6 Å². The highest BCUT2D eigenvalue weighted by molar-refractivity contribution is 5.93. The fourth-order valence-corrected chi connectivity index (χ4v) is 5.09. The summed E-state index contributed by atoms with van der Waals surface area (Å²) in [6.45, 7) is 3.61. The van der Waals surface area contributed by atoms with Crippen LogP contribution in [0, 0.1) is 5.82 Å². The number of amides is 2. The van der Waals surface area contributed by atoms with Crippen molar-refractivity contribution in [2.75, 3.05) is 24.2 Å². The van der Waals surface area contributed by atoms with Crippen molar-refractivity contribution in [1.29, 1.82) is 0 Å². The molecular formula is C33H35FN8O3. The van der Waals surface area contributed by atoms with Gasteiger partial charge in [0.2, 0.25) is 5.91 Å². The van der Waals surface area contributed by atoms with Crippen molar-refractivity contribution in [2.24, 2.45) is 11.5 Å². The van der Waals surface area contributed by atoms with Gasteiger partial charge in [0.05, 0.1) is 18.8 Å². The normalized spacial score (nSPS) is 12.4. The minimum Gasteiger partial charge on any atom is -0.491 e. The first kappa shape index (κ1) is 31.0. The highest BCUT2D eigenvalue weighted by atomic mass is 19.1. The van der Waals surface area contributed by atoms with Crippen LogP contribution in [0.15, 0.2) is 79.1 Å². The van der Waals surface area contributed by atoms with Crippen molar-refractivity contribution >= 4 is 34.1 Å². The Balaban J connectivity index is 1.72. The average molecular weight is 611 g/mol. The number of primary amides is 1. The van der Waals surface area contributed by atoms with Crippen LogP contribution in [0.3, 0.4) is 0 Å². The van der Waals surface area contributed by atoms with Crippen LogP contribution in [0.2, 0.25) is 0 Å². The topological polar surface area (TPSA) is 176 Å². The standard InChI is InChI=1S/C33H35FN8O3/c1-3-19-14-24(28(34)26(15-19)45-4-2)29(40-22-10-11-23-21(16-22)12-13-38-30(23)36)32-41-25(20-8-6-5-7-9-20)18-42(32)31(37)33(44)39-17-27(35)43/h5-16,18,29,31,40H,3-4,17,37H2,1-2H3,(H2,35,43)(H2,36,38)(H,39,44). The number of imidazole rings is 1. The van der Waals surface area contributed by atoms with Crippen LogP contribution in [0.1, 0.15) is 43.0 Å². The van der Waals surface area contributed by atoms with E-state index < -0.39 is 36.4 Å². The Kier molecular flexibility index (Phi) is 9.24. The molecule has 3 aromatic carbocycles. The number of aromatic nitrogens is 3. The zero-order chi connectivity index (χ0) is 32.1. The number of ether oxygens (including phenoxy) is 1. The van der Waals surface area contributed by atoms with Gasteiger partial charge in [0.15, 0.2) is 17.7 Å². The molecule has 0 saturated heterocycles. The van der Waals surface area contributed by atoms with Gasteiger partial charge in [-0.2, -0.15) is 0 Å². The van der Waals surface area contributed by atoms with Gasteiger partial charge in [-0.15, -0.1) is 0 Å². The first-order valence-corrected chi connectivity index (χ1v) is 14.5. The molecule has 2 heterocycles. The maximum absolute atomic E-state index is 16.4. The number of hydrogen-bond acceptors (Lipinski definition) is 8. The molecule has 232 valence electrons. The van der Waals surface area contributed by atoms with Gasteiger partial charge < -0.3 is 37.1 Å². The molecule has 2 aromatic heterocycles. The summed E-state index contributed by atoms with van der Waals surface area (Å²) in [5.41, 5.74) is 20.8. The number of fused-ring (bicyclic) bond motifs is 1. The Bertz CT molecular complexity index is 1840. The third-order valence-electron chi connectivity index (χ3n) is 7.35. The third-order valence-corrected chi connectivity index (χ3v) is 7.35. The number of aryl methyl sites for hydroxylation is 1. The van der Waals surface area contributed by atoms with Gasteiger partial charge in [-0.05, 0) is 54.6 Å². The summed E-state index contributed by atoms with van der Waals surface area (Å²) in [5, 5.41) is 7.46. The number of anilines is 2. The molecule has 11 nitrogen and oxygen atoms in total. The number of benzene rings is 3. The molecule has 0 saturated carbocycles. The van der Waals surface area contributed by atoms with Crippen molar-refractivity contribution in [3.8, 4) is 17.0 Å². The van der Waals surface area contributed by atoms with E-state index in [1.807, 2.05) is 61.5 Å². The first-order chi connectivity index (χ1) is 21.7. The lowest BCUT2D eigenvalue weighted by Gasteiger charge is -2.25. The summed E-state index contributed by atoms with van der Waals surface area (Å²) in [6, 6.07) is 19.1. The van der Waals surface area contributed by atoms with Gasteiger partial charge in [-0.1, -0.05) is 43.3 Å². The van der Waals surface area contributed by atoms with Crippen LogP contribution in [0.4, 0.5) is 15.9 Å². The Morgan fingerprint density at radius 3 is 2.56 bits per heavy atom. The molecule has 5 rings (SSSR count). The van der Waals surface area contributed by atoms with Crippen molar-refractivity contribution in [1.82, 2.24) is 19.9 Å². The van der Waals surface area contributed by atoms with E-state index in [4.69, 9.17) is 26.9 Å². The fraction of sp³-hybridized carbons (Fsp3) is 0.212. The first-order valence-electron chi connectivity index (χ1n) is 14.5. The lowest BCUT2D eigenvalue weighted by Crippen LogP contribution is -2.42. The molecule has 5 aromatic rings. The van der Waals surface area contributed by atoms with E-state index in [1.54, 1.807) is 31.5 Å².